The quantitative estimate of drug-likeness (QED) is 0.0500. The number of unbranched alkanes of at least 4 members (excludes halogenated alkanes) is 26. The summed E-state index contributed by atoms with van der Waals surface area (Å²) in [5.74, 6) is 0.447. The van der Waals surface area contributed by atoms with E-state index in [1.54, 1.807) is 0 Å². The van der Waals surface area contributed by atoms with Crippen LogP contribution in [-0.2, 0) is 23.9 Å². The van der Waals surface area contributed by atoms with Crippen LogP contribution in [0.25, 0.3) is 0 Å². The van der Waals surface area contributed by atoms with Crippen molar-refractivity contribution in [3.63, 3.8) is 0 Å². The molecule has 0 fully saturated rings. The van der Waals surface area contributed by atoms with Gasteiger partial charge in [-0.2, -0.15) is 0 Å². The van der Waals surface area contributed by atoms with E-state index >= 15 is 0 Å². The molecule has 6 nitrogen and oxygen atoms in total. The molecule has 6 heteroatoms. The van der Waals surface area contributed by atoms with Crippen LogP contribution in [0.1, 0.15) is 247 Å². The lowest BCUT2D eigenvalue weighted by molar-refractivity contribution is -0.154. The molecular weight excluding hydrogens is 647 g/mol. The molecule has 0 rings (SSSR count). The minimum Gasteiger partial charge on any atom is -0.466 e. The Hall–Kier alpha value is -1.59. The second-order valence-electron chi connectivity index (χ2n) is 16.7. The molecule has 0 radical (unpaired) electrons. The lowest BCUT2D eigenvalue weighted by Gasteiger charge is -2.17. The minimum atomic E-state index is -0.983. The first kappa shape index (κ1) is 50.4. The number of nitrogens with one attached hydrogen (secondary N) is 1. The summed E-state index contributed by atoms with van der Waals surface area (Å²) in [6, 6.07) is -0.983. The number of rotatable bonds is 40. The van der Waals surface area contributed by atoms with Gasteiger partial charge in [0, 0.05) is 6.42 Å². The van der Waals surface area contributed by atoms with Crippen molar-refractivity contribution in [3.05, 3.63) is 0 Å². The predicted molar refractivity (Wildman–Crippen MR) is 222 cm³/mol. The maximum atomic E-state index is 13.0. The van der Waals surface area contributed by atoms with Crippen LogP contribution in [0.2, 0.25) is 0 Å². The van der Waals surface area contributed by atoms with Crippen LogP contribution in [0.15, 0.2) is 0 Å². The Morgan fingerprint density at radius 2 is 0.788 bits per heavy atom. The van der Waals surface area contributed by atoms with Gasteiger partial charge in [0.2, 0.25) is 5.91 Å². The van der Waals surface area contributed by atoms with Crippen LogP contribution >= 0.6 is 0 Å². The largest absolute Gasteiger partial charge is 0.466 e. The standard InChI is InChI=1S/C46H89NO5/c1-6-7-8-9-10-11-12-13-14-15-22-27-32-37-44(48)47-43(46(50)52-39-34-29-24-19-17-21-26-31-36-42(4)5)40-45(49)51-38-33-28-23-18-16-20-25-30-35-41(2)3/h41-43H,6-40H2,1-5H3,(H,47,48)/t43-/m0/s1. The van der Waals surface area contributed by atoms with Gasteiger partial charge < -0.3 is 14.8 Å². The highest BCUT2D eigenvalue weighted by molar-refractivity contribution is 5.88. The number of hydrogen-bond acceptors (Lipinski definition) is 5. The summed E-state index contributed by atoms with van der Waals surface area (Å²) in [6.07, 6.45) is 38.0. The first-order valence-corrected chi connectivity index (χ1v) is 22.9. The Morgan fingerprint density at radius 1 is 0.442 bits per heavy atom. The Morgan fingerprint density at radius 3 is 1.19 bits per heavy atom. The molecule has 0 saturated carbocycles. The van der Waals surface area contributed by atoms with Crippen molar-refractivity contribution < 1.29 is 23.9 Å². The smallest absolute Gasteiger partial charge is 0.329 e. The Balaban J connectivity index is 4.37. The highest BCUT2D eigenvalue weighted by Gasteiger charge is 2.26. The molecule has 0 aliphatic rings. The van der Waals surface area contributed by atoms with Crippen LogP contribution in [0, 0.1) is 11.8 Å². The van der Waals surface area contributed by atoms with Gasteiger partial charge in [-0.05, 0) is 31.1 Å². The van der Waals surface area contributed by atoms with Gasteiger partial charge in [0.05, 0.1) is 19.6 Å². The molecular formula is C46H89NO5. The summed E-state index contributed by atoms with van der Waals surface area (Å²) in [4.78, 5) is 38.5. The average molecular weight is 736 g/mol. The van der Waals surface area contributed by atoms with E-state index in [0.29, 0.717) is 19.6 Å². The maximum absolute atomic E-state index is 13.0. The molecule has 0 aliphatic carbocycles. The second-order valence-corrected chi connectivity index (χ2v) is 16.7. The van der Waals surface area contributed by atoms with E-state index in [1.165, 1.54) is 141 Å². The average Bonchev–Trinajstić information content (AvgIpc) is 3.10. The molecule has 0 aromatic rings. The molecule has 0 aliphatic heterocycles. The van der Waals surface area contributed by atoms with Gasteiger partial charge in [0.25, 0.3) is 0 Å². The van der Waals surface area contributed by atoms with Crippen LogP contribution in [0.4, 0.5) is 0 Å². The van der Waals surface area contributed by atoms with Crippen molar-refractivity contribution in [1.29, 1.82) is 0 Å². The number of ether oxygens (including phenoxy) is 2. The number of amides is 1. The number of hydrogen-bond donors (Lipinski definition) is 1. The molecule has 0 aromatic heterocycles. The summed E-state index contributed by atoms with van der Waals surface area (Å²) in [7, 11) is 0. The lowest BCUT2D eigenvalue weighted by atomic mass is 10.0. The van der Waals surface area contributed by atoms with Gasteiger partial charge in [0.1, 0.15) is 6.04 Å². The molecule has 0 heterocycles. The first-order valence-electron chi connectivity index (χ1n) is 22.9. The van der Waals surface area contributed by atoms with Gasteiger partial charge in [-0.25, -0.2) is 4.79 Å². The number of esters is 2. The van der Waals surface area contributed by atoms with E-state index in [-0.39, 0.29) is 12.3 Å². The third kappa shape index (κ3) is 38.1. The Bertz CT molecular complexity index is 798. The van der Waals surface area contributed by atoms with Crippen LogP contribution < -0.4 is 5.32 Å². The fourth-order valence-electron chi connectivity index (χ4n) is 6.88. The zero-order valence-corrected chi connectivity index (χ0v) is 35.5. The van der Waals surface area contributed by atoms with E-state index < -0.39 is 18.0 Å². The molecule has 52 heavy (non-hydrogen) atoms. The van der Waals surface area contributed by atoms with Crippen molar-refractivity contribution in [2.75, 3.05) is 13.2 Å². The van der Waals surface area contributed by atoms with Crippen molar-refractivity contribution in [2.45, 2.75) is 253 Å². The van der Waals surface area contributed by atoms with Crippen LogP contribution in [-0.4, -0.2) is 37.1 Å². The molecule has 308 valence electrons. The van der Waals surface area contributed by atoms with Crippen LogP contribution in [0.5, 0.6) is 0 Å². The highest BCUT2D eigenvalue weighted by Crippen LogP contribution is 2.16. The fraction of sp³-hybridized carbons (Fsp3) is 0.935. The summed E-state index contributed by atoms with van der Waals surface area (Å²) in [5, 5.41) is 2.81. The summed E-state index contributed by atoms with van der Waals surface area (Å²) >= 11 is 0. The molecule has 0 spiro atoms. The van der Waals surface area contributed by atoms with Gasteiger partial charge >= 0.3 is 11.9 Å². The zero-order chi connectivity index (χ0) is 38.3. The van der Waals surface area contributed by atoms with E-state index in [0.717, 1.165) is 69.6 Å². The second kappa shape index (κ2) is 39.1. The third-order valence-electron chi connectivity index (χ3n) is 10.4. The normalized spacial score (nSPS) is 12.1. The molecule has 1 atom stereocenters. The van der Waals surface area contributed by atoms with E-state index in [4.69, 9.17) is 9.47 Å². The van der Waals surface area contributed by atoms with Gasteiger partial charge in [-0.1, -0.05) is 214 Å². The summed E-state index contributed by atoms with van der Waals surface area (Å²) in [6.45, 7) is 12.1. The van der Waals surface area contributed by atoms with Crippen molar-refractivity contribution in [1.82, 2.24) is 5.32 Å². The van der Waals surface area contributed by atoms with Gasteiger partial charge in [0.15, 0.2) is 0 Å². The van der Waals surface area contributed by atoms with Crippen molar-refractivity contribution in [2.24, 2.45) is 11.8 Å². The van der Waals surface area contributed by atoms with E-state index in [9.17, 15) is 14.4 Å². The van der Waals surface area contributed by atoms with Crippen LogP contribution in [0.3, 0.4) is 0 Å². The summed E-state index contributed by atoms with van der Waals surface area (Å²) < 4.78 is 11.1. The monoisotopic (exact) mass is 736 g/mol. The lowest BCUT2D eigenvalue weighted by Crippen LogP contribution is -2.43. The van der Waals surface area contributed by atoms with Crippen molar-refractivity contribution in [3.8, 4) is 0 Å². The predicted octanol–water partition coefficient (Wildman–Crippen LogP) is 13.8. The molecule has 0 aromatic carbocycles. The van der Waals surface area contributed by atoms with Gasteiger partial charge in [-0.3, -0.25) is 9.59 Å². The molecule has 0 unspecified atom stereocenters. The third-order valence-corrected chi connectivity index (χ3v) is 10.4. The van der Waals surface area contributed by atoms with Crippen molar-refractivity contribution >= 4 is 17.8 Å². The Labute approximate surface area is 323 Å². The fourth-order valence-corrected chi connectivity index (χ4v) is 6.88. The minimum absolute atomic E-state index is 0.170. The number of carbonyl (C=O) groups excluding carboxylic acids is 3. The zero-order valence-electron chi connectivity index (χ0n) is 35.5. The van der Waals surface area contributed by atoms with E-state index in [1.807, 2.05) is 0 Å². The Kier molecular flexibility index (Phi) is 37.9. The molecule has 1 amide bonds. The highest BCUT2D eigenvalue weighted by atomic mass is 16.5. The SMILES string of the molecule is CCCCCCCCCCCCCCCC(=O)N[C@@H](CC(=O)OCCCCCCCCCCC(C)C)C(=O)OCCCCCCCCCCC(C)C. The number of carbonyl (C=O) groups is 3. The maximum Gasteiger partial charge on any atom is 0.329 e. The topological polar surface area (TPSA) is 81.7 Å². The first-order chi connectivity index (χ1) is 25.3. The van der Waals surface area contributed by atoms with Gasteiger partial charge in [-0.15, -0.1) is 0 Å². The summed E-state index contributed by atoms with van der Waals surface area (Å²) in [5.41, 5.74) is 0. The molecule has 0 bridgehead atoms. The molecule has 0 saturated heterocycles. The molecule has 1 N–H and O–H groups in total. The van der Waals surface area contributed by atoms with E-state index in [2.05, 4.69) is 39.9 Å².